The summed E-state index contributed by atoms with van der Waals surface area (Å²) >= 11 is 0. The van der Waals surface area contributed by atoms with Crippen molar-refractivity contribution in [3.8, 4) is 5.75 Å². The minimum atomic E-state index is -0.311. The molecule has 1 aromatic carbocycles. The molecule has 2 aromatic rings. The largest absolute Gasteiger partial charge is 0.483 e. The summed E-state index contributed by atoms with van der Waals surface area (Å²) in [5.74, 6) is 0.403. The molecule has 5 nitrogen and oxygen atoms in total. The highest BCUT2D eigenvalue weighted by Crippen LogP contribution is 2.30. The number of carbonyl (C=O) groups is 1. The van der Waals surface area contributed by atoms with E-state index in [-0.39, 0.29) is 17.9 Å². The summed E-state index contributed by atoms with van der Waals surface area (Å²) in [5.41, 5.74) is 4.26. The lowest BCUT2D eigenvalue weighted by atomic mass is 9.86. The average Bonchev–Trinajstić information content (AvgIpc) is 2.53. The van der Waals surface area contributed by atoms with Crippen LogP contribution in [0.15, 0.2) is 53.9 Å². The van der Waals surface area contributed by atoms with Gasteiger partial charge in [-0.1, -0.05) is 45.0 Å². The minimum absolute atomic E-state index is 0.0501. The molecule has 0 spiro atoms. The van der Waals surface area contributed by atoms with Gasteiger partial charge in [0.2, 0.25) is 0 Å². The van der Waals surface area contributed by atoms with Crippen molar-refractivity contribution in [3.05, 3.63) is 59.9 Å². The monoisotopic (exact) mass is 311 g/mol. The van der Waals surface area contributed by atoms with Gasteiger partial charge in [0.05, 0.1) is 6.21 Å². The number of hydrazone groups is 1. The van der Waals surface area contributed by atoms with Gasteiger partial charge < -0.3 is 4.74 Å². The van der Waals surface area contributed by atoms with Gasteiger partial charge in [-0.25, -0.2) is 5.43 Å². The SMILES string of the molecule is CC(C)(C)c1ccccc1OCC(=O)N/N=C/c1cccnc1. The molecule has 120 valence electrons. The summed E-state index contributed by atoms with van der Waals surface area (Å²) in [6.45, 7) is 6.23. The van der Waals surface area contributed by atoms with Gasteiger partial charge >= 0.3 is 0 Å². The third-order valence-corrected chi connectivity index (χ3v) is 3.14. The third kappa shape index (κ3) is 5.21. The molecule has 0 fully saturated rings. The van der Waals surface area contributed by atoms with Crippen molar-refractivity contribution >= 4 is 12.1 Å². The van der Waals surface area contributed by atoms with Gasteiger partial charge in [0, 0.05) is 18.0 Å². The summed E-state index contributed by atoms with van der Waals surface area (Å²) in [6, 6.07) is 11.4. The van der Waals surface area contributed by atoms with E-state index in [0.717, 1.165) is 11.1 Å². The van der Waals surface area contributed by atoms with Crippen LogP contribution in [0.25, 0.3) is 0 Å². The lowest BCUT2D eigenvalue weighted by molar-refractivity contribution is -0.123. The van der Waals surface area contributed by atoms with Gasteiger partial charge in [-0.15, -0.1) is 0 Å². The van der Waals surface area contributed by atoms with Crippen molar-refractivity contribution in [1.82, 2.24) is 10.4 Å². The van der Waals surface area contributed by atoms with Crippen molar-refractivity contribution in [2.45, 2.75) is 26.2 Å². The highest BCUT2D eigenvalue weighted by molar-refractivity contribution is 5.82. The van der Waals surface area contributed by atoms with Crippen LogP contribution in [0, 0.1) is 0 Å². The van der Waals surface area contributed by atoms with Crippen LogP contribution in [0.5, 0.6) is 5.75 Å². The topological polar surface area (TPSA) is 63.6 Å². The number of carbonyl (C=O) groups excluding carboxylic acids is 1. The number of para-hydroxylation sites is 1. The molecule has 1 N–H and O–H groups in total. The summed E-state index contributed by atoms with van der Waals surface area (Å²) in [4.78, 5) is 15.8. The van der Waals surface area contributed by atoms with E-state index in [4.69, 9.17) is 4.74 Å². The van der Waals surface area contributed by atoms with Gasteiger partial charge in [-0.3, -0.25) is 9.78 Å². The van der Waals surface area contributed by atoms with E-state index in [9.17, 15) is 4.79 Å². The molecule has 23 heavy (non-hydrogen) atoms. The smallest absolute Gasteiger partial charge is 0.277 e. The van der Waals surface area contributed by atoms with Crippen LogP contribution in [-0.2, 0) is 10.2 Å². The quantitative estimate of drug-likeness (QED) is 0.682. The number of nitrogens with zero attached hydrogens (tertiary/aromatic N) is 2. The van der Waals surface area contributed by atoms with Crippen molar-refractivity contribution in [2.75, 3.05) is 6.61 Å². The maximum absolute atomic E-state index is 11.8. The number of hydrogen-bond acceptors (Lipinski definition) is 4. The van der Waals surface area contributed by atoms with Crippen molar-refractivity contribution < 1.29 is 9.53 Å². The minimum Gasteiger partial charge on any atom is -0.483 e. The highest BCUT2D eigenvalue weighted by Gasteiger charge is 2.18. The number of nitrogens with one attached hydrogen (secondary N) is 1. The van der Waals surface area contributed by atoms with Crippen LogP contribution in [0.3, 0.4) is 0 Å². The molecular formula is C18H21N3O2. The molecule has 0 radical (unpaired) electrons. The Labute approximate surface area is 136 Å². The number of benzene rings is 1. The second-order valence-electron chi connectivity index (χ2n) is 6.11. The van der Waals surface area contributed by atoms with E-state index in [1.807, 2.05) is 30.3 Å². The van der Waals surface area contributed by atoms with E-state index in [0.29, 0.717) is 5.75 Å². The fraction of sp³-hybridized carbons (Fsp3) is 0.278. The van der Waals surface area contributed by atoms with E-state index in [2.05, 4.69) is 36.3 Å². The number of hydrogen-bond donors (Lipinski definition) is 1. The van der Waals surface area contributed by atoms with Crippen molar-refractivity contribution in [2.24, 2.45) is 5.10 Å². The van der Waals surface area contributed by atoms with Crippen molar-refractivity contribution in [3.63, 3.8) is 0 Å². The molecular weight excluding hydrogens is 290 g/mol. The van der Waals surface area contributed by atoms with Gasteiger partial charge in [0.15, 0.2) is 6.61 Å². The van der Waals surface area contributed by atoms with Crippen molar-refractivity contribution in [1.29, 1.82) is 0 Å². The molecule has 2 rings (SSSR count). The Kier molecular flexibility index (Phi) is 5.46. The molecule has 0 atom stereocenters. The zero-order valence-corrected chi connectivity index (χ0v) is 13.6. The van der Waals surface area contributed by atoms with Gasteiger partial charge in [0.25, 0.3) is 5.91 Å². The molecule has 1 amide bonds. The summed E-state index contributed by atoms with van der Waals surface area (Å²) < 4.78 is 5.63. The first-order chi connectivity index (χ1) is 11.0. The molecule has 0 saturated carbocycles. The maximum Gasteiger partial charge on any atom is 0.277 e. The van der Waals surface area contributed by atoms with Crippen LogP contribution in [-0.4, -0.2) is 23.7 Å². The lowest BCUT2D eigenvalue weighted by Crippen LogP contribution is -2.25. The average molecular weight is 311 g/mol. The zero-order chi connectivity index (χ0) is 16.7. The Hall–Kier alpha value is -2.69. The van der Waals surface area contributed by atoms with E-state index in [1.54, 1.807) is 18.5 Å². The second-order valence-corrected chi connectivity index (χ2v) is 6.11. The molecule has 0 saturated heterocycles. The van der Waals surface area contributed by atoms with E-state index < -0.39 is 0 Å². The Morgan fingerprint density at radius 2 is 2.04 bits per heavy atom. The molecule has 0 aliphatic carbocycles. The first kappa shape index (κ1) is 16.7. The molecule has 5 heteroatoms. The Bertz CT molecular complexity index is 676. The maximum atomic E-state index is 11.8. The van der Waals surface area contributed by atoms with Gasteiger partial charge in [0.1, 0.15) is 5.75 Å². The van der Waals surface area contributed by atoms with Gasteiger partial charge in [-0.05, 0) is 23.1 Å². The molecule has 1 heterocycles. The van der Waals surface area contributed by atoms with Gasteiger partial charge in [-0.2, -0.15) is 5.10 Å². The fourth-order valence-electron chi connectivity index (χ4n) is 2.02. The highest BCUT2D eigenvalue weighted by atomic mass is 16.5. The molecule has 0 bridgehead atoms. The van der Waals surface area contributed by atoms with E-state index in [1.165, 1.54) is 6.21 Å². The zero-order valence-electron chi connectivity index (χ0n) is 13.6. The standard InChI is InChI=1S/C18H21N3O2/c1-18(2,3)15-8-4-5-9-16(15)23-13-17(22)21-20-12-14-7-6-10-19-11-14/h4-12H,13H2,1-3H3,(H,21,22)/b20-12+. The Morgan fingerprint density at radius 3 is 2.74 bits per heavy atom. The Balaban J connectivity index is 1.89. The van der Waals surface area contributed by atoms with Crippen LogP contribution in [0.2, 0.25) is 0 Å². The Morgan fingerprint density at radius 1 is 1.26 bits per heavy atom. The molecule has 0 unspecified atom stereocenters. The predicted octanol–water partition coefficient (Wildman–Crippen LogP) is 2.91. The third-order valence-electron chi connectivity index (χ3n) is 3.14. The first-order valence-corrected chi connectivity index (χ1v) is 7.41. The van der Waals surface area contributed by atoms with E-state index >= 15 is 0 Å². The van der Waals surface area contributed by atoms with Crippen LogP contribution in [0.1, 0.15) is 31.9 Å². The number of pyridine rings is 1. The number of ether oxygens (including phenoxy) is 1. The van der Waals surface area contributed by atoms with Crippen LogP contribution < -0.4 is 10.2 Å². The molecule has 0 aliphatic rings. The fourth-order valence-corrected chi connectivity index (χ4v) is 2.02. The second kappa shape index (κ2) is 7.54. The lowest BCUT2D eigenvalue weighted by Gasteiger charge is -2.22. The number of rotatable bonds is 5. The summed E-state index contributed by atoms with van der Waals surface area (Å²) in [5, 5.41) is 3.88. The molecule has 0 aliphatic heterocycles. The van der Waals surface area contributed by atoms with Crippen LogP contribution >= 0.6 is 0 Å². The summed E-state index contributed by atoms with van der Waals surface area (Å²) in [7, 11) is 0. The molecule has 1 aromatic heterocycles. The number of aromatic nitrogens is 1. The first-order valence-electron chi connectivity index (χ1n) is 7.41. The van der Waals surface area contributed by atoms with Crippen LogP contribution in [0.4, 0.5) is 0 Å². The summed E-state index contributed by atoms with van der Waals surface area (Å²) in [6.07, 6.45) is 4.87. The number of amides is 1. The predicted molar refractivity (Wildman–Crippen MR) is 90.6 cm³/mol. The normalized spacial score (nSPS) is 11.4.